The number of hydrogen-bond acceptors (Lipinski definition) is 1. The van der Waals surface area contributed by atoms with Crippen LogP contribution in [0.15, 0.2) is 54.7 Å². The van der Waals surface area contributed by atoms with Gasteiger partial charge in [0.15, 0.2) is 6.20 Å². The highest BCUT2D eigenvalue weighted by molar-refractivity contribution is 5.74. The number of rotatable bonds is 1. The van der Waals surface area contributed by atoms with E-state index in [1.54, 1.807) is 0 Å². The zero-order valence-electron chi connectivity index (χ0n) is 15.6. The summed E-state index contributed by atoms with van der Waals surface area (Å²) in [5.74, 6) is 1.92. The Balaban J connectivity index is 2.04. The first-order valence-corrected chi connectivity index (χ1v) is 8.77. The molecule has 2 aromatic carbocycles. The molecule has 0 fully saturated rings. The normalized spacial score (nSPS) is 14.4. The van der Waals surface area contributed by atoms with Crippen LogP contribution in [0.1, 0.15) is 36.1 Å². The third kappa shape index (κ3) is 2.36. The first kappa shape index (κ1) is 15.9. The van der Waals surface area contributed by atoms with Gasteiger partial charge in [-0.15, -0.1) is 0 Å². The van der Waals surface area contributed by atoms with E-state index in [0.29, 0.717) is 0 Å². The van der Waals surface area contributed by atoms with Crippen LogP contribution in [0.25, 0.3) is 11.3 Å². The van der Waals surface area contributed by atoms with Gasteiger partial charge in [0.05, 0.1) is 5.56 Å². The average molecular weight is 330 g/mol. The van der Waals surface area contributed by atoms with Crippen LogP contribution in [0, 0.1) is 13.8 Å². The maximum Gasteiger partial charge on any atom is 0.212 e. The van der Waals surface area contributed by atoms with Gasteiger partial charge >= 0.3 is 0 Å². The van der Waals surface area contributed by atoms with Gasteiger partial charge in [-0.2, -0.15) is 0 Å². The summed E-state index contributed by atoms with van der Waals surface area (Å²) in [5.41, 5.74) is 7.41. The van der Waals surface area contributed by atoms with Crippen LogP contribution < -0.4 is 9.30 Å². The van der Waals surface area contributed by atoms with E-state index in [0.717, 1.165) is 11.5 Å². The van der Waals surface area contributed by atoms with E-state index in [4.69, 9.17) is 4.74 Å². The van der Waals surface area contributed by atoms with Crippen LogP contribution in [0.3, 0.4) is 0 Å². The minimum absolute atomic E-state index is 0.122. The number of aryl methyl sites for hydroxylation is 3. The summed E-state index contributed by atoms with van der Waals surface area (Å²) in [5, 5.41) is 0. The Bertz CT molecular complexity index is 985. The highest BCUT2D eigenvalue weighted by atomic mass is 16.5. The molecule has 2 heterocycles. The highest BCUT2D eigenvalue weighted by Gasteiger charge is 2.38. The molecule has 1 aromatic heterocycles. The zero-order valence-corrected chi connectivity index (χ0v) is 15.6. The molecule has 4 rings (SSSR count). The van der Waals surface area contributed by atoms with Gasteiger partial charge in [0, 0.05) is 28.2 Å². The fraction of sp³-hybridized carbons (Fsp3) is 0.261. The number of nitrogens with zero attached hydrogens (tertiary/aromatic N) is 1. The molecule has 0 unspecified atom stereocenters. The van der Waals surface area contributed by atoms with Crippen molar-refractivity contribution in [1.82, 2.24) is 0 Å². The average Bonchev–Trinajstić information content (AvgIpc) is 2.56. The lowest BCUT2D eigenvalue weighted by Crippen LogP contribution is -2.33. The van der Waals surface area contributed by atoms with Crippen LogP contribution in [-0.4, -0.2) is 0 Å². The van der Waals surface area contributed by atoms with Crippen LogP contribution in [0.5, 0.6) is 11.5 Å². The second-order valence-electron chi connectivity index (χ2n) is 7.56. The highest BCUT2D eigenvalue weighted by Crippen LogP contribution is 2.51. The molecule has 2 nitrogen and oxygen atoms in total. The Hall–Kier alpha value is -2.61. The van der Waals surface area contributed by atoms with E-state index in [2.05, 4.69) is 88.0 Å². The van der Waals surface area contributed by atoms with E-state index >= 15 is 0 Å². The number of pyridine rings is 1. The number of benzene rings is 2. The number of hydrogen-bond donors (Lipinski definition) is 0. The summed E-state index contributed by atoms with van der Waals surface area (Å²) in [6.45, 7) is 8.90. The number of aromatic nitrogens is 1. The fourth-order valence-corrected chi connectivity index (χ4v) is 4.05. The van der Waals surface area contributed by atoms with Crippen molar-refractivity contribution in [2.24, 2.45) is 7.05 Å². The standard InChI is InChI=1S/C23H24NO/c1-15-10-12-18(24(5)14-15)21-16(2)11-13-20-22(21)23(3,4)17-8-6-7-9-19(17)25-20/h6-14H,1-5H3/q+1. The van der Waals surface area contributed by atoms with Crippen LogP contribution in [-0.2, 0) is 12.5 Å². The van der Waals surface area contributed by atoms with Crippen LogP contribution in [0.2, 0.25) is 0 Å². The van der Waals surface area contributed by atoms with Crippen molar-refractivity contribution in [2.75, 3.05) is 0 Å². The van der Waals surface area contributed by atoms with Crippen molar-refractivity contribution in [1.29, 1.82) is 0 Å². The van der Waals surface area contributed by atoms with Gasteiger partial charge in [-0.1, -0.05) is 38.1 Å². The summed E-state index contributed by atoms with van der Waals surface area (Å²) >= 11 is 0. The van der Waals surface area contributed by atoms with Gasteiger partial charge < -0.3 is 4.74 Å². The SMILES string of the molecule is Cc1ccc(-c2c(C)ccc3c2C(C)(C)c2ccccc2O3)[n+](C)c1. The second kappa shape index (κ2) is 5.45. The monoisotopic (exact) mass is 330 g/mol. The minimum Gasteiger partial charge on any atom is -0.457 e. The maximum absolute atomic E-state index is 6.28. The third-order valence-corrected chi connectivity index (χ3v) is 5.32. The molecule has 25 heavy (non-hydrogen) atoms. The molecule has 0 bridgehead atoms. The Kier molecular flexibility index (Phi) is 3.47. The number of fused-ring (bicyclic) bond motifs is 2. The van der Waals surface area contributed by atoms with E-state index in [9.17, 15) is 0 Å². The lowest BCUT2D eigenvalue weighted by molar-refractivity contribution is -0.660. The molecule has 1 aliphatic rings. The maximum atomic E-state index is 6.28. The van der Waals surface area contributed by atoms with Crippen molar-refractivity contribution < 1.29 is 9.30 Å². The zero-order chi connectivity index (χ0) is 17.8. The molecule has 0 N–H and O–H groups in total. The summed E-state index contributed by atoms with van der Waals surface area (Å²) in [6.07, 6.45) is 2.18. The smallest absolute Gasteiger partial charge is 0.212 e. The Labute approximate surface area is 149 Å². The molecule has 0 amide bonds. The van der Waals surface area contributed by atoms with E-state index in [-0.39, 0.29) is 5.41 Å². The Morgan fingerprint density at radius 3 is 2.40 bits per heavy atom. The number of ether oxygens (including phenoxy) is 1. The molecular weight excluding hydrogens is 306 g/mol. The molecule has 0 atom stereocenters. The molecule has 3 aromatic rings. The summed E-state index contributed by atoms with van der Waals surface area (Å²) < 4.78 is 8.50. The first-order chi connectivity index (χ1) is 11.9. The Morgan fingerprint density at radius 2 is 1.64 bits per heavy atom. The lowest BCUT2D eigenvalue weighted by Gasteiger charge is -2.36. The van der Waals surface area contributed by atoms with Crippen molar-refractivity contribution in [3.63, 3.8) is 0 Å². The van der Waals surface area contributed by atoms with Gasteiger partial charge in [0.2, 0.25) is 5.69 Å². The second-order valence-corrected chi connectivity index (χ2v) is 7.56. The summed E-state index contributed by atoms with van der Waals surface area (Å²) in [4.78, 5) is 0. The molecular formula is C23H24NO+. The lowest BCUT2D eigenvalue weighted by atomic mass is 9.72. The fourth-order valence-electron chi connectivity index (χ4n) is 4.05. The van der Waals surface area contributed by atoms with E-state index in [1.807, 2.05) is 6.07 Å². The summed E-state index contributed by atoms with van der Waals surface area (Å²) in [6, 6.07) is 17.0. The van der Waals surface area contributed by atoms with Gasteiger partial charge in [0.25, 0.3) is 0 Å². The van der Waals surface area contributed by atoms with Gasteiger partial charge in [-0.25, -0.2) is 4.57 Å². The van der Waals surface area contributed by atoms with Gasteiger partial charge in [-0.05, 0) is 37.6 Å². The van der Waals surface area contributed by atoms with E-state index < -0.39 is 0 Å². The van der Waals surface area contributed by atoms with Crippen molar-refractivity contribution in [2.45, 2.75) is 33.1 Å². The van der Waals surface area contributed by atoms with Gasteiger partial charge in [0.1, 0.15) is 18.5 Å². The topological polar surface area (TPSA) is 13.1 Å². The number of para-hydroxylation sites is 1. The first-order valence-electron chi connectivity index (χ1n) is 8.77. The molecule has 1 aliphatic heterocycles. The van der Waals surface area contributed by atoms with Crippen LogP contribution in [0.4, 0.5) is 0 Å². The molecule has 2 heteroatoms. The predicted molar refractivity (Wildman–Crippen MR) is 101 cm³/mol. The van der Waals surface area contributed by atoms with Crippen molar-refractivity contribution >= 4 is 0 Å². The third-order valence-electron chi connectivity index (χ3n) is 5.32. The molecule has 0 aliphatic carbocycles. The Morgan fingerprint density at radius 1 is 0.880 bits per heavy atom. The van der Waals surface area contributed by atoms with Crippen LogP contribution >= 0.6 is 0 Å². The molecule has 0 saturated heterocycles. The quantitative estimate of drug-likeness (QED) is 0.557. The molecule has 0 radical (unpaired) electrons. The van der Waals surface area contributed by atoms with Gasteiger partial charge in [-0.3, -0.25) is 0 Å². The largest absolute Gasteiger partial charge is 0.457 e. The summed E-state index contributed by atoms with van der Waals surface area (Å²) in [7, 11) is 2.12. The van der Waals surface area contributed by atoms with Crippen molar-refractivity contribution in [3.8, 4) is 22.8 Å². The predicted octanol–water partition coefficient (Wildman–Crippen LogP) is 5.23. The van der Waals surface area contributed by atoms with E-state index in [1.165, 1.54) is 33.5 Å². The minimum atomic E-state index is -0.122. The molecule has 126 valence electrons. The van der Waals surface area contributed by atoms with Crippen molar-refractivity contribution in [3.05, 3.63) is 77.0 Å². The molecule has 0 spiro atoms. The molecule has 0 saturated carbocycles.